The lowest BCUT2D eigenvalue weighted by molar-refractivity contribution is 0.392. The normalized spacial score (nSPS) is 16.6. The molecule has 7 heteroatoms. The molecule has 3 N–H and O–H groups in total. The summed E-state index contributed by atoms with van der Waals surface area (Å²) in [6, 6.07) is 8.97. The average molecular weight is 320 g/mol. The number of phenols is 1. The van der Waals surface area contributed by atoms with Crippen LogP contribution < -0.4 is 9.03 Å². The second kappa shape index (κ2) is 5.10. The maximum absolute atomic E-state index is 11.9. The monoisotopic (exact) mass is 320 g/mol. The summed E-state index contributed by atoms with van der Waals surface area (Å²) >= 11 is 0. The molecule has 3 rings (SSSR count). The summed E-state index contributed by atoms with van der Waals surface area (Å²) in [4.78, 5) is 0. The van der Waals surface area contributed by atoms with E-state index in [0.29, 0.717) is 0 Å². The molecule has 0 atom stereocenters. The van der Waals surface area contributed by atoms with Crippen molar-refractivity contribution in [3.63, 3.8) is 0 Å². The Hall–Kier alpha value is -2.41. The van der Waals surface area contributed by atoms with Crippen LogP contribution >= 0.6 is 0 Å². The van der Waals surface area contributed by atoms with Crippen molar-refractivity contribution in [2.24, 2.45) is 0 Å². The van der Waals surface area contributed by atoms with E-state index in [2.05, 4.69) is 6.92 Å². The Kier molecular flexibility index (Phi) is 3.37. The average Bonchev–Trinajstić information content (AvgIpc) is 2.71. The van der Waals surface area contributed by atoms with E-state index in [1.807, 2.05) is 22.9 Å². The summed E-state index contributed by atoms with van der Waals surface area (Å²) in [7, 11) is -3.92. The molecule has 0 unspecified atom stereocenters. The summed E-state index contributed by atoms with van der Waals surface area (Å²) in [5.41, 5.74) is 1.24. The Balaban J connectivity index is 2.15. The Morgan fingerprint density at radius 3 is 2.55 bits per heavy atom. The molecule has 22 heavy (non-hydrogen) atoms. The van der Waals surface area contributed by atoms with E-state index in [-0.39, 0.29) is 11.4 Å². The molecule has 2 aromatic carbocycles. The largest absolute Gasteiger partial charge is 0.506 e. The van der Waals surface area contributed by atoms with Gasteiger partial charge in [-0.15, -0.1) is 0 Å². The first kappa shape index (κ1) is 14.5. The van der Waals surface area contributed by atoms with Crippen molar-refractivity contribution in [3.8, 4) is 5.75 Å². The molecular weight excluding hydrogens is 304 g/mol. The summed E-state index contributed by atoms with van der Waals surface area (Å²) in [5, 5.41) is 21.1. The molecule has 0 bridgehead atoms. The molecule has 0 radical (unpaired) electrons. The van der Waals surface area contributed by atoms with E-state index in [0.717, 1.165) is 39.7 Å². The number of aromatic hydroxyl groups is 1. The number of nitrogens with zero attached hydrogens (tertiary/aromatic N) is 1. The van der Waals surface area contributed by atoms with E-state index < -0.39 is 16.1 Å². The standard InChI is InChI=1S/C15H16N2O4S/c1-2-3-10-4-5-11-8-14(18)13(7-12(11)6-10)17-9-15(19)16-22(17,20)21/h4-9,16,18-19H,2-3H2,1H3. The molecule has 116 valence electrons. The predicted octanol–water partition coefficient (Wildman–Crippen LogP) is 2.51. The third-order valence-corrected chi connectivity index (χ3v) is 4.79. The van der Waals surface area contributed by atoms with Crippen molar-refractivity contribution in [1.82, 2.24) is 4.72 Å². The number of phenolic OH excluding ortho intramolecular Hbond substituents is 1. The zero-order chi connectivity index (χ0) is 15.9. The summed E-state index contributed by atoms with van der Waals surface area (Å²) in [5.74, 6) is -0.661. The van der Waals surface area contributed by atoms with Crippen LogP contribution in [-0.2, 0) is 16.6 Å². The fraction of sp³-hybridized carbons (Fsp3) is 0.200. The molecular formula is C15H16N2O4S. The Morgan fingerprint density at radius 1 is 1.14 bits per heavy atom. The molecule has 6 nitrogen and oxygen atoms in total. The van der Waals surface area contributed by atoms with Crippen molar-refractivity contribution in [2.45, 2.75) is 19.8 Å². The topological polar surface area (TPSA) is 89.9 Å². The van der Waals surface area contributed by atoms with Gasteiger partial charge < -0.3 is 10.2 Å². The number of aryl methyl sites for hydroxylation is 1. The molecule has 0 aliphatic carbocycles. The first-order valence-corrected chi connectivity index (χ1v) is 8.33. The molecule has 0 amide bonds. The van der Waals surface area contributed by atoms with Crippen molar-refractivity contribution >= 4 is 26.7 Å². The van der Waals surface area contributed by atoms with E-state index in [1.54, 1.807) is 6.07 Å². The molecule has 0 aromatic heterocycles. The lowest BCUT2D eigenvalue weighted by Gasteiger charge is -2.16. The van der Waals surface area contributed by atoms with Gasteiger partial charge in [-0.25, -0.2) is 9.03 Å². The summed E-state index contributed by atoms with van der Waals surface area (Å²) in [6.45, 7) is 2.09. The smallest absolute Gasteiger partial charge is 0.330 e. The van der Waals surface area contributed by atoms with E-state index in [1.165, 1.54) is 6.07 Å². The van der Waals surface area contributed by atoms with Crippen LogP contribution in [0.15, 0.2) is 42.4 Å². The molecule has 0 spiro atoms. The van der Waals surface area contributed by atoms with E-state index >= 15 is 0 Å². The highest BCUT2D eigenvalue weighted by atomic mass is 32.2. The van der Waals surface area contributed by atoms with Gasteiger partial charge in [0, 0.05) is 0 Å². The Labute approximate surface area is 128 Å². The molecule has 2 aromatic rings. The highest BCUT2D eigenvalue weighted by Crippen LogP contribution is 2.35. The van der Waals surface area contributed by atoms with Crippen molar-refractivity contribution in [1.29, 1.82) is 0 Å². The molecule has 0 fully saturated rings. The lowest BCUT2D eigenvalue weighted by atomic mass is 10.0. The maximum Gasteiger partial charge on any atom is 0.330 e. The zero-order valence-corrected chi connectivity index (χ0v) is 12.8. The van der Waals surface area contributed by atoms with Gasteiger partial charge in [0.15, 0.2) is 0 Å². The van der Waals surface area contributed by atoms with Crippen LogP contribution in [0.2, 0.25) is 0 Å². The predicted molar refractivity (Wildman–Crippen MR) is 84.9 cm³/mol. The second-order valence-electron chi connectivity index (χ2n) is 5.19. The van der Waals surface area contributed by atoms with Crippen LogP contribution in [0, 0.1) is 0 Å². The highest BCUT2D eigenvalue weighted by Gasteiger charge is 2.30. The SMILES string of the molecule is CCCc1ccc2cc(O)c(N3C=C(O)NS3(=O)=O)cc2c1. The number of hydrogen-bond acceptors (Lipinski definition) is 4. The number of fused-ring (bicyclic) bond motifs is 1. The van der Waals surface area contributed by atoms with Gasteiger partial charge in [-0.05, 0) is 34.9 Å². The van der Waals surface area contributed by atoms with Gasteiger partial charge in [0.25, 0.3) is 0 Å². The number of anilines is 1. The van der Waals surface area contributed by atoms with E-state index in [9.17, 15) is 18.6 Å². The molecule has 1 aliphatic rings. The van der Waals surface area contributed by atoms with Gasteiger partial charge in [0.1, 0.15) is 11.4 Å². The van der Waals surface area contributed by atoms with Crippen LogP contribution in [0.1, 0.15) is 18.9 Å². The summed E-state index contributed by atoms with van der Waals surface area (Å²) < 4.78 is 26.6. The molecule has 1 heterocycles. The number of rotatable bonds is 3. The minimum Gasteiger partial charge on any atom is -0.506 e. The van der Waals surface area contributed by atoms with Gasteiger partial charge in [-0.2, -0.15) is 8.42 Å². The zero-order valence-electron chi connectivity index (χ0n) is 11.9. The molecule has 0 saturated carbocycles. The first-order chi connectivity index (χ1) is 10.4. The Bertz CT molecular complexity index is 874. The molecule has 1 aliphatic heterocycles. The minimum absolute atomic E-state index is 0.0951. The Morgan fingerprint density at radius 2 is 1.91 bits per heavy atom. The van der Waals surface area contributed by atoms with Crippen LogP contribution in [0.5, 0.6) is 5.75 Å². The number of nitrogens with one attached hydrogen (secondary N) is 1. The molecule has 0 saturated heterocycles. The van der Waals surface area contributed by atoms with Crippen LogP contribution in [0.25, 0.3) is 10.8 Å². The van der Waals surface area contributed by atoms with Gasteiger partial charge in [-0.3, -0.25) is 0 Å². The second-order valence-corrected chi connectivity index (χ2v) is 6.74. The number of aliphatic hydroxyl groups excluding tert-OH is 1. The van der Waals surface area contributed by atoms with Gasteiger partial charge >= 0.3 is 10.2 Å². The van der Waals surface area contributed by atoms with Crippen molar-refractivity contribution < 1.29 is 18.6 Å². The van der Waals surface area contributed by atoms with Crippen LogP contribution in [0.4, 0.5) is 5.69 Å². The van der Waals surface area contributed by atoms with E-state index in [4.69, 9.17) is 0 Å². The third-order valence-electron chi connectivity index (χ3n) is 3.51. The number of benzene rings is 2. The maximum atomic E-state index is 11.9. The number of aliphatic hydroxyl groups is 1. The lowest BCUT2D eigenvalue weighted by Crippen LogP contribution is -2.29. The van der Waals surface area contributed by atoms with Crippen molar-refractivity contribution in [3.05, 3.63) is 48.0 Å². The van der Waals surface area contributed by atoms with Gasteiger partial charge in [0.2, 0.25) is 5.88 Å². The fourth-order valence-corrected chi connectivity index (χ4v) is 3.59. The highest BCUT2D eigenvalue weighted by molar-refractivity contribution is 7.91. The minimum atomic E-state index is -3.92. The van der Waals surface area contributed by atoms with Gasteiger partial charge in [-0.1, -0.05) is 31.5 Å². The number of hydrogen-bond donors (Lipinski definition) is 3. The quantitative estimate of drug-likeness (QED) is 0.810. The van der Waals surface area contributed by atoms with Gasteiger partial charge in [0.05, 0.1) is 6.20 Å². The van der Waals surface area contributed by atoms with Crippen LogP contribution in [0.3, 0.4) is 0 Å². The third kappa shape index (κ3) is 2.43. The van der Waals surface area contributed by atoms with Crippen molar-refractivity contribution in [2.75, 3.05) is 4.31 Å². The first-order valence-electron chi connectivity index (χ1n) is 6.89. The summed E-state index contributed by atoms with van der Waals surface area (Å²) in [6.07, 6.45) is 2.96. The fourth-order valence-electron chi connectivity index (χ4n) is 2.53. The van der Waals surface area contributed by atoms with Crippen LogP contribution in [-0.4, -0.2) is 18.6 Å².